The predicted octanol–water partition coefficient (Wildman–Crippen LogP) is 4.11. The van der Waals surface area contributed by atoms with Gasteiger partial charge in [0.25, 0.3) is 0 Å². The summed E-state index contributed by atoms with van der Waals surface area (Å²) in [5, 5.41) is 0. The molecule has 1 aliphatic rings. The number of hydrogen-bond donors (Lipinski definition) is 1. The van der Waals surface area contributed by atoms with Crippen molar-refractivity contribution in [1.82, 2.24) is 0 Å². The van der Waals surface area contributed by atoms with E-state index in [4.69, 9.17) is 10.5 Å². The highest BCUT2D eigenvalue weighted by atomic mass is 79.9. The van der Waals surface area contributed by atoms with Crippen LogP contribution < -0.4 is 10.5 Å². The zero-order valence-electron chi connectivity index (χ0n) is 10.1. The van der Waals surface area contributed by atoms with Gasteiger partial charge in [-0.1, -0.05) is 34.1 Å². The number of ether oxygens (including phenoxy) is 1. The van der Waals surface area contributed by atoms with E-state index in [1.54, 1.807) is 12.1 Å². The van der Waals surface area contributed by atoms with Crippen LogP contribution in [0.1, 0.15) is 29.7 Å². The van der Waals surface area contributed by atoms with Crippen molar-refractivity contribution in [3.8, 4) is 5.75 Å². The van der Waals surface area contributed by atoms with Crippen molar-refractivity contribution in [2.45, 2.75) is 18.6 Å². The van der Waals surface area contributed by atoms with Crippen LogP contribution in [0.3, 0.4) is 0 Å². The Balaban J connectivity index is 1.97. The molecule has 0 radical (unpaired) electrons. The van der Waals surface area contributed by atoms with Gasteiger partial charge in [0.15, 0.2) is 0 Å². The van der Waals surface area contributed by atoms with Crippen molar-refractivity contribution in [3.05, 3.63) is 63.9 Å². The van der Waals surface area contributed by atoms with Crippen molar-refractivity contribution in [2.75, 3.05) is 0 Å². The average molecular weight is 322 g/mol. The lowest BCUT2D eigenvalue weighted by Crippen LogP contribution is -2.24. The summed E-state index contributed by atoms with van der Waals surface area (Å²) in [6, 6.07) is 12.2. The number of rotatable bonds is 1. The normalized spacial score (nSPS) is 21.6. The molecule has 0 bridgehead atoms. The third-order valence-corrected chi connectivity index (χ3v) is 3.85. The number of nitrogens with two attached hydrogens (primary N) is 1. The van der Waals surface area contributed by atoms with E-state index in [9.17, 15) is 4.39 Å². The maximum Gasteiger partial charge on any atom is 0.130 e. The van der Waals surface area contributed by atoms with Gasteiger partial charge in [0, 0.05) is 28.1 Å². The van der Waals surface area contributed by atoms with Crippen LogP contribution in [-0.2, 0) is 0 Å². The molecule has 2 atom stereocenters. The van der Waals surface area contributed by atoms with Gasteiger partial charge in [0.05, 0.1) is 0 Å². The summed E-state index contributed by atoms with van der Waals surface area (Å²) in [7, 11) is 0. The van der Waals surface area contributed by atoms with Gasteiger partial charge >= 0.3 is 0 Å². The standard InChI is InChI=1S/C15H13BrFNO/c16-9-5-6-14-11(7-9)13(18)8-15(19-14)10-3-1-2-4-12(10)17/h1-7,13,15H,8,18H2/t13-,15?/m1/s1. The van der Waals surface area contributed by atoms with Crippen molar-refractivity contribution < 1.29 is 9.13 Å². The van der Waals surface area contributed by atoms with E-state index < -0.39 is 0 Å². The lowest BCUT2D eigenvalue weighted by Gasteiger charge is -2.30. The van der Waals surface area contributed by atoms with E-state index in [1.807, 2.05) is 24.3 Å². The van der Waals surface area contributed by atoms with Crippen molar-refractivity contribution >= 4 is 15.9 Å². The number of fused-ring (bicyclic) bond motifs is 1. The first-order valence-electron chi connectivity index (χ1n) is 6.11. The molecule has 0 amide bonds. The van der Waals surface area contributed by atoms with E-state index in [0.717, 1.165) is 15.8 Å². The van der Waals surface area contributed by atoms with E-state index >= 15 is 0 Å². The lowest BCUT2D eigenvalue weighted by atomic mass is 9.93. The fraction of sp³-hybridized carbons (Fsp3) is 0.200. The molecule has 1 heterocycles. The molecule has 0 fully saturated rings. The van der Waals surface area contributed by atoms with Crippen LogP contribution in [0, 0.1) is 5.82 Å². The summed E-state index contributed by atoms with van der Waals surface area (Å²) >= 11 is 3.42. The Morgan fingerprint density at radius 3 is 2.74 bits per heavy atom. The van der Waals surface area contributed by atoms with E-state index in [2.05, 4.69) is 15.9 Å². The molecular weight excluding hydrogens is 309 g/mol. The maximum atomic E-state index is 13.8. The largest absolute Gasteiger partial charge is 0.485 e. The molecule has 1 aliphatic heterocycles. The van der Waals surface area contributed by atoms with Crippen LogP contribution in [0.15, 0.2) is 46.9 Å². The van der Waals surface area contributed by atoms with Crippen molar-refractivity contribution in [2.24, 2.45) is 5.73 Å². The quantitative estimate of drug-likeness (QED) is 0.857. The molecule has 0 aromatic heterocycles. The molecule has 19 heavy (non-hydrogen) atoms. The first-order chi connectivity index (χ1) is 9.15. The highest BCUT2D eigenvalue weighted by molar-refractivity contribution is 9.10. The third-order valence-electron chi connectivity index (χ3n) is 3.36. The second-order valence-electron chi connectivity index (χ2n) is 4.65. The monoisotopic (exact) mass is 321 g/mol. The van der Waals surface area contributed by atoms with Crippen LogP contribution in [0.5, 0.6) is 5.75 Å². The topological polar surface area (TPSA) is 35.2 Å². The molecule has 2 nitrogen and oxygen atoms in total. The lowest BCUT2D eigenvalue weighted by molar-refractivity contribution is 0.157. The summed E-state index contributed by atoms with van der Waals surface area (Å²) < 4.78 is 20.7. The van der Waals surface area contributed by atoms with Gasteiger partial charge in [-0.25, -0.2) is 4.39 Å². The molecule has 3 rings (SSSR count). The van der Waals surface area contributed by atoms with Crippen LogP contribution >= 0.6 is 15.9 Å². The minimum Gasteiger partial charge on any atom is -0.485 e. The fourth-order valence-electron chi connectivity index (χ4n) is 2.40. The SMILES string of the molecule is N[C@@H]1CC(c2ccccc2F)Oc2ccc(Br)cc21. The molecule has 0 aliphatic carbocycles. The Bertz CT molecular complexity index is 617. The van der Waals surface area contributed by atoms with Gasteiger partial charge in [-0.2, -0.15) is 0 Å². The maximum absolute atomic E-state index is 13.8. The second-order valence-corrected chi connectivity index (χ2v) is 5.57. The fourth-order valence-corrected chi connectivity index (χ4v) is 2.78. The van der Waals surface area contributed by atoms with E-state index in [0.29, 0.717) is 12.0 Å². The Morgan fingerprint density at radius 1 is 1.16 bits per heavy atom. The third kappa shape index (κ3) is 2.38. The Hall–Kier alpha value is -1.39. The Morgan fingerprint density at radius 2 is 1.95 bits per heavy atom. The molecule has 0 saturated carbocycles. The molecule has 0 saturated heterocycles. The number of halogens is 2. The summed E-state index contributed by atoms with van der Waals surface area (Å²) in [5.74, 6) is 0.482. The van der Waals surface area contributed by atoms with Crippen LogP contribution in [-0.4, -0.2) is 0 Å². The molecule has 2 aromatic carbocycles. The van der Waals surface area contributed by atoms with Gasteiger partial charge in [-0.3, -0.25) is 0 Å². The summed E-state index contributed by atoms with van der Waals surface area (Å²) in [6.45, 7) is 0. The number of hydrogen-bond acceptors (Lipinski definition) is 2. The van der Waals surface area contributed by atoms with Crippen molar-refractivity contribution in [3.63, 3.8) is 0 Å². The molecule has 0 spiro atoms. The zero-order chi connectivity index (χ0) is 13.4. The smallest absolute Gasteiger partial charge is 0.130 e. The minimum atomic E-state index is -0.329. The summed E-state index contributed by atoms with van der Waals surface area (Å²) in [6.07, 6.45) is 0.245. The van der Waals surface area contributed by atoms with Gasteiger partial charge in [0.2, 0.25) is 0 Å². The van der Waals surface area contributed by atoms with Gasteiger partial charge in [0.1, 0.15) is 17.7 Å². The summed E-state index contributed by atoms with van der Waals surface area (Å²) in [4.78, 5) is 0. The van der Waals surface area contributed by atoms with E-state index in [1.165, 1.54) is 6.07 Å². The first kappa shape index (κ1) is 12.6. The molecular formula is C15H13BrFNO. The predicted molar refractivity (Wildman–Crippen MR) is 75.5 cm³/mol. The zero-order valence-corrected chi connectivity index (χ0v) is 11.7. The van der Waals surface area contributed by atoms with Gasteiger partial charge in [-0.05, 0) is 24.3 Å². The number of benzene rings is 2. The highest BCUT2D eigenvalue weighted by Gasteiger charge is 2.28. The van der Waals surface area contributed by atoms with Gasteiger partial charge in [-0.15, -0.1) is 0 Å². The molecule has 98 valence electrons. The second kappa shape index (κ2) is 4.94. The summed E-state index contributed by atoms with van der Waals surface area (Å²) in [5.41, 5.74) is 7.69. The van der Waals surface area contributed by atoms with Crippen LogP contribution in [0.25, 0.3) is 0 Å². The Labute approximate surface area is 119 Å². The Kier molecular flexibility index (Phi) is 3.29. The van der Waals surface area contributed by atoms with E-state index in [-0.39, 0.29) is 18.0 Å². The molecule has 2 aromatic rings. The average Bonchev–Trinajstić information content (AvgIpc) is 2.40. The molecule has 4 heteroatoms. The van der Waals surface area contributed by atoms with Gasteiger partial charge < -0.3 is 10.5 Å². The minimum absolute atomic E-state index is 0.147. The van der Waals surface area contributed by atoms with Crippen LogP contribution in [0.2, 0.25) is 0 Å². The van der Waals surface area contributed by atoms with Crippen LogP contribution in [0.4, 0.5) is 4.39 Å². The molecule has 2 N–H and O–H groups in total. The first-order valence-corrected chi connectivity index (χ1v) is 6.90. The highest BCUT2D eigenvalue weighted by Crippen LogP contribution is 2.41. The molecule has 1 unspecified atom stereocenters. The van der Waals surface area contributed by atoms with Crippen molar-refractivity contribution in [1.29, 1.82) is 0 Å².